The van der Waals surface area contributed by atoms with Crippen LogP contribution in [0.1, 0.15) is 0 Å². The van der Waals surface area contributed by atoms with Crippen LogP contribution in [0.2, 0.25) is 5.02 Å². The minimum Gasteiger partial charge on any atom is -0.464 e. The Kier molecular flexibility index (Phi) is 1.99. The summed E-state index contributed by atoms with van der Waals surface area (Å²) in [6.07, 6.45) is 1.61. The molecule has 2 N–H and O–H groups in total. The molecule has 0 atom stereocenters. The van der Waals surface area contributed by atoms with E-state index in [0.29, 0.717) is 10.7 Å². The molecule has 1 aromatic heterocycles. The van der Waals surface area contributed by atoms with Crippen LogP contribution in [0.3, 0.4) is 0 Å². The van der Waals surface area contributed by atoms with Crippen LogP contribution < -0.4 is 5.73 Å². The van der Waals surface area contributed by atoms with Crippen molar-refractivity contribution in [1.29, 1.82) is 0 Å². The maximum atomic E-state index is 5.98. The number of furan rings is 1. The second-order valence-electron chi connectivity index (χ2n) is 2.72. The molecule has 0 saturated heterocycles. The van der Waals surface area contributed by atoms with E-state index in [0.717, 1.165) is 11.3 Å². The molecule has 0 radical (unpaired) electrons. The van der Waals surface area contributed by atoms with Crippen molar-refractivity contribution in [3.63, 3.8) is 0 Å². The molecule has 0 aliphatic heterocycles. The standard InChI is InChI=1S/C10H8ClNO/c11-9-6-7(12)3-4-8(9)10-2-1-5-13-10/h1-6H,12H2. The maximum absolute atomic E-state index is 5.98. The first kappa shape index (κ1) is 8.20. The van der Waals surface area contributed by atoms with Crippen molar-refractivity contribution in [2.75, 3.05) is 5.73 Å². The normalized spacial score (nSPS) is 10.2. The van der Waals surface area contributed by atoms with Crippen molar-refractivity contribution in [1.82, 2.24) is 0 Å². The molecular weight excluding hydrogens is 186 g/mol. The third kappa shape index (κ3) is 1.53. The van der Waals surface area contributed by atoms with Gasteiger partial charge in [0.15, 0.2) is 0 Å². The molecule has 2 nitrogen and oxygen atoms in total. The third-order valence-corrected chi connectivity index (χ3v) is 2.09. The van der Waals surface area contributed by atoms with E-state index in [2.05, 4.69) is 0 Å². The van der Waals surface area contributed by atoms with E-state index in [1.165, 1.54) is 0 Å². The highest BCUT2D eigenvalue weighted by molar-refractivity contribution is 6.33. The average molecular weight is 194 g/mol. The second kappa shape index (κ2) is 3.15. The van der Waals surface area contributed by atoms with E-state index in [1.807, 2.05) is 18.2 Å². The van der Waals surface area contributed by atoms with Crippen molar-refractivity contribution in [3.8, 4) is 11.3 Å². The topological polar surface area (TPSA) is 39.2 Å². The van der Waals surface area contributed by atoms with Crippen molar-refractivity contribution < 1.29 is 4.42 Å². The monoisotopic (exact) mass is 193 g/mol. The smallest absolute Gasteiger partial charge is 0.135 e. The van der Waals surface area contributed by atoms with Crippen molar-refractivity contribution in [2.45, 2.75) is 0 Å². The molecule has 2 aromatic rings. The number of anilines is 1. The molecule has 13 heavy (non-hydrogen) atoms. The number of benzene rings is 1. The molecule has 2 rings (SSSR count). The molecule has 66 valence electrons. The lowest BCUT2D eigenvalue weighted by Gasteiger charge is -2.00. The van der Waals surface area contributed by atoms with Gasteiger partial charge in [-0.05, 0) is 30.3 Å². The Morgan fingerprint density at radius 3 is 2.69 bits per heavy atom. The lowest BCUT2D eigenvalue weighted by atomic mass is 10.1. The predicted molar refractivity (Wildman–Crippen MR) is 53.6 cm³/mol. The van der Waals surface area contributed by atoms with Crippen LogP contribution in [0.15, 0.2) is 41.0 Å². The summed E-state index contributed by atoms with van der Waals surface area (Å²) in [5.41, 5.74) is 7.08. The highest BCUT2D eigenvalue weighted by atomic mass is 35.5. The van der Waals surface area contributed by atoms with Gasteiger partial charge in [-0.25, -0.2) is 0 Å². The van der Waals surface area contributed by atoms with Gasteiger partial charge in [-0.2, -0.15) is 0 Å². The minimum absolute atomic E-state index is 0.606. The molecule has 0 unspecified atom stereocenters. The second-order valence-corrected chi connectivity index (χ2v) is 3.12. The molecule has 1 heterocycles. The SMILES string of the molecule is Nc1ccc(-c2ccco2)c(Cl)c1. The summed E-state index contributed by atoms with van der Waals surface area (Å²) < 4.78 is 5.21. The van der Waals surface area contributed by atoms with Gasteiger partial charge < -0.3 is 10.2 Å². The van der Waals surface area contributed by atoms with E-state index in [9.17, 15) is 0 Å². The fraction of sp³-hybridized carbons (Fsp3) is 0. The molecule has 0 aliphatic rings. The Morgan fingerprint density at radius 2 is 2.08 bits per heavy atom. The van der Waals surface area contributed by atoms with Crippen LogP contribution in [-0.2, 0) is 0 Å². The molecule has 0 saturated carbocycles. The lowest BCUT2D eigenvalue weighted by molar-refractivity contribution is 0.582. The maximum Gasteiger partial charge on any atom is 0.135 e. The molecule has 3 heteroatoms. The highest BCUT2D eigenvalue weighted by Crippen LogP contribution is 2.29. The minimum atomic E-state index is 0.606. The van der Waals surface area contributed by atoms with Crippen molar-refractivity contribution >= 4 is 17.3 Å². The van der Waals surface area contributed by atoms with E-state index in [-0.39, 0.29) is 0 Å². The van der Waals surface area contributed by atoms with Gasteiger partial charge in [0, 0.05) is 11.3 Å². The lowest BCUT2D eigenvalue weighted by Crippen LogP contribution is -1.84. The highest BCUT2D eigenvalue weighted by Gasteiger charge is 2.05. The third-order valence-electron chi connectivity index (χ3n) is 1.78. The van der Waals surface area contributed by atoms with E-state index in [1.54, 1.807) is 18.4 Å². The van der Waals surface area contributed by atoms with Gasteiger partial charge in [0.1, 0.15) is 5.76 Å². The summed E-state index contributed by atoms with van der Waals surface area (Å²) in [5.74, 6) is 0.755. The summed E-state index contributed by atoms with van der Waals surface area (Å²) in [6, 6.07) is 9.03. The zero-order valence-corrected chi connectivity index (χ0v) is 7.58. The summed E-state index contributed by atoms with van der Waals surface area (Å²) in [7, 11) is 0. The number of halogens is 1. The van der Waals surface area contributed by atoms with E-state index >= 15 is 0 Å². The first-order valence-electron chi connectivity index (χ1n) is 3.86. The number of rotatable bonds is 1. The number of nitrogen functional groups attached to an aromatic ring is 1. The van der Waals surface area contributed by atoms with Crippen LogP contribution in [0.25, 0.3) is 11.3 Å². The summed E-state index contributed by atoms with van der Waals surface area (Å²) in [6.45, 7) is 0. The Morgan fingerprint density at radius 1 is 1.23 bits per heavy atom. The van der Waals surface area contributed by atoms with Crippen LogP contribution in [0, 0.1) is 0 Å². The summed E-state index contributed by atoms with van der Waals surface area (Å²) >= 11 is 5.98. The number of hydrogen-bond acceptors (Lipinski definition) is 2. The number of hydrogen-bond donors (Lipinski definition) is 1. The Hall–Kier alpha value is -1.41. The molecule has 0 spiro atoms. The van der Waals surface area contributed by atoms with Crippen LogP contribution >= 0.6 is 11.6 Å². The molecule has 0 fully saturated rings. The summed E-state index contributed by atoms with van der Waals surface area (Å²) in [4.78, 5) is 0. The van der Waals surface area contributed by atoms with Crippen LogP contribution in [0.5, 0.6) is 0 Å². The quantitative estimate of drug-likeness (QED) is 0.707. The fourth-order valence-corrected chi connectivity index (χ4v) is 1.45. The Labute approximate surface area is 80.9 Å². The first-order chi connectivity index (χ1) is 6.27. The first-order valence-corrected chi connectivity index (χ1v) is 4.24. The van der Waals surface area contributed by atoms with Crippen molar-refractivity contribution in [2.24, 2.45) is 0 Å². The Balaban J connectivity index is 2.53. The molecular formula is C10H8ClNO. The predicted octanol–water partition coefficient (Wildman–Crippen LogP) is 3.18. The largest absolute Gasteiger partial charge is 0.464 e. The zero-order chi connectivity index (χ0) is 9.26. The average Bonchev–Trinajstić information content (AvgIpc) is 2.56. The fourth-order valence-electron chi connectivity index (χ4n) is 1.16. The van der Waals surface area contributed by atoms with Gasteiger partial charge in [0.25, 0.3) is 0 Å². The number of nitrogens with two attached hydrogens (primary N) is 1. The molecule has 1 aromatic carbocycles. The van der Waals surface area contributed by atoms with Crippen LogP contribution in [0.4, 0.5) is 5.69 Å². The zero-order valence-electron chi connectivity index (χ0n) is 6.83. The van der Waals surface area contributed by atoms with Crippen LogP contribution in [-0.4, -0.2) is 0 Å². The molecule has 0 bridgehead atoms. The Bertz CT molecular complexity index is 409. The van der Waals surface area contributed by atoms with Gasteiger partial charge in [0.05, 0.1) is 11.3 Å². The van der Waals surface area contributed by atoms with Gasteiger partial charge in [-0.1, -0.05) is 11.6 Å². The summed E-state index contributed by atoms with van der Waals surface area (Å²) in [5, 5.41) is 0.606. The van der Waals surface area contributed by atoms with Gasteiger partial charge >= 0.3 is 0 Å². The van der Waals surface area contributed by atoms with Gasteiger partial charge in [0.2, 0.25) is 0 Å². The van der Waals surface area contributed by atoms with Crippen molar-refractivity contribution in [3.05, 3.63) is 41.6 Å². The van der Waals surface area contributed by atoms with Gasteiger partial charge in [-0.15, -0.1) is 0 Å². The molecule has 0 aliphatic carbocycles. The molecule has 0 amide bonds. The van der Waals surface area contributed by atoms with Gasteiger partial charge in [-0.3, -0.25) is 0 Å². The van der Waals surface area contributed by atoms with E-state index < -0.39 is 0 Å². The van der Waals surface area contributed by atoms with E-state index in [4.69, 9.17) is 21.8 Å².